The van der Waals surface area contributed by atoms with E-state index in [4.69, 9.17) is 33.2 Å². The predicted molar refractivity (Wildman–Crippen MR) is 202 cm³/mol. The highest BCUT2D eigenvalue weighted by Crippen LogP contribution is 2.54. The molecule has 10 unspecified atom stereocenters. The summed E-state index contributed by atoms with van der Waals surface area (Å²) in [6.45, 7) is 19.5. The van der Waals surface area contributed by atoms with E-state index in [2.05, 4.69) is 6.58 Å². The Morgan fingerprint density at radius 3 is 1.84 bits per heavy atom. The number of benzene rings is 1. The molecule has 0 aliphatic heterocycles. The topological polar surface area (TPSA) is 204 Å². The van der Waals surface area contributed by atoms with E-state index >= 15 is 0 Å². The minimum absolute atomic E-state index is 0.121. The van der Waals surface area contributed by atoms with E-state index in [-0.39, 0.29) is 17.6 Å². The fourth-order valence-electron chi connectivity index (χ4n) is 7.63. The smallest absolute Gasteiger partial charge is 0.338 e. The molecule has 2 aliphatic carbocycles. The standard InChI is InChI=1S/C42H56O15/c1-13-30(47)54-32-24(5)33(55-38(48)22(2)3)34(51-25(6)43)37(53-27(8)45)40(10,11)20-19-23(4)35(56-39(49)29-17-15-14-16-18-29)42(50)21-41(12,57-28(9)46)36(31(32)42)52-26(7)44/h14-20,22-23,31-37,50H,5,13,21H2,1-4,6-12H3. The Labute approximate surface area is 333 Å². The Bertz CT molecular complexity index is 1730. The molecule has 314 valence electrons. The molecule has 1 saturated carbocycles. The van der Waals surface area contributed by atoms with Gasteiger partial charge in [0, 0.05) is 57.4 Å². The molecule has 0 saturated heterocycles. The van der Waals surface area contributed by atoms with Crippen LogP contribution in [-0.2, 0) is 61.9 Å². The molecule has 10 atom stereocenters. The van der Waals surface area contributed by atoms with Gasteiger partial charge in [0.25, 0.3) is 0 Å². The van der Waals surface area contributed by atoms with Crippen LogP contribution in [0.3, 0.4) is 0 Å². The molecule has 0 spiro atoms. The van der Waals surface area contributed by atoms with Gasteiger partial charge in [-0.15, -0.1) is 0 Å². The first kappa shape index (κ1) is 46.3. The van der Waals surface area contributed by atoms with Crippen molar-refractivity contribution in [3.05, 3.63) is 60.2 Å². The highest BCUT2D eigenvalue weighted by atomic mass is 16.6. The SMILES string of the molecule is C=C1C(OC(=O)C(C)C)C(OC(C)=O)C(OC(C)=O)C(C)(C)C=CC(C)C(OC(=O)c2ccccc2)C2(O)CC(C)(OC(C)=O)C(OC(C)=O)C2C1OC(=O)CC. The van der Waals surface area contributed by atoms with Gasteiger partial charge in [0.15, 0.2) is 24.4 Å². The number of esters is 7. The lowest BCUT2D eigenvalue weighted by Crippen LogP contribution is -2.60. The Morgan fingerprint density at radius 1 is 0.772 bits per heavy atom. The lowest BCUT2D eigenvalue weighted by molar-refractivity contribution is -0.198. The van der Waals surface area contributed by atoms with Gasteiger partial charge >= 0.3 is 41.8 Å². The molecule has 1 aromatic rings. The van der Waals surface area contributed by atoms with Crippen molar-refractivity contribution in [2.24, 2.45) is 23.2 Å². The van der Waals surface area contributed by atoms with Crippen molar-refractivity contribution in [2.45, 2.75) is 137 Å². The Kier molecular flexibility index (Phi) is 15.0. The molecular formula is C42H56O15. The summed E-state index contributed by atoms with van der Waals surface area (Å²) in [5.41, 5.74) is -5.76. The third-order valence-corrected chi connectivity index (χ3v) is 10.1. The fraction of sp³-hybridized carbons (Fsp3) is 0.595. The average Bonchev–Trinajstić information content (AvgIpc) is 3.32. The predicted octanol–water partition coefficient (Wildman–Crippen LogP) is 4.76. The zero-order chi connectivity index (χ0) is 43.2. The van der Waals surface area contributed by atoms with Crippen LogP contribution in [-0.4, -0.2) is 94.7 Å². The first-order valence-corrected chi connectivity index (χ1v) is 18.9. The largest absolute Gasteiger partial charge is 0.458 e. The van der Waals surface area contributed by atoms with E-state index in [1.807, 2.05) is 0 Å². The minimum Gasteiger partial charge on any atom is -0.458 e. The number of hydrogen-bond donors (Lipinski definition) is 1. The fourth-order valence-corrected chi connectivity index (χ4v) is 7.63. The second kappa shape index (κ2) is 18.5. The summed E-state index contributed by atoms with van der Waals surface area (Å²) in [5, 5.41) is 13.4. The number of rotatable bonds is 10. The van der Waals surface area contributed by atoms with E-state index in [0.29, 0.717) is 0 Å². The van der Waals surface area contributed by atoms with Crippen molar-refractivity contribution in [1.29, 1.82) is 0 Å². The monoisotopic (exact) mass is 800 g/mol. The number of fused-ring (bicyclic) bond motifs is 1. The molecule has 57 heavy (non-hydrogen) atoms. The van der Waals surface area contributed by atoms with Gasteiger partial charge in [0.05, 0.1) is 17.4 Å². The molecule has 1 N–H and O–H groups in total. The molecule has 0 amide bonds. The molecule has 0 bridgehead atoms. The van der Waals surface area contributed by atoms with E-state index in [1.54, 1.807) is 51.1 Å². The van der Waals surface area contributed by atoms with E-state index in [0.717, 1.165) is 27.7 Å². The number of carbonyl (C=O) groups excluding carboxylic acids is 7. The van der Waals surface area contributed by atoms with Crippen molar-refractivity contribution >= 4 is 41.8 Å². The molecule has 1 aromatic carbocycles. The van der Waals surface area contributed by atoms with Gasteiger partial charge in [-0.25, -0.2) is 4.79 Å². The number of aliphatic hydroxyl groups is 1. The molecule has 1 fully saturated rings. The highest BCUT2D eigenvalue weighted by Gasteiger charge is 2.70. The molecule has 2 aliphatic rings. The van der Waals surface area contributed by atoms with Crippen molar-refractivity contribution in [3.8, 4) is 0 Å². The van der Waals surface area contributed by atoms with Crippen molar-refractivity contribution in [2.75, 3.05) is 0 Å². The number of carbonyl (C=O) groups is 7. The summed E-state index contributed by atoms with van der Waals surface area (Å²) in [5.74, 6) is -9.35. The van der Waals surface area contributed by atoms with Gasteiger partial charge < -0.3 is 38.3 Å². The van der Waals surface area contributed by atoms with Crippen LogP contribution in [0.4, 0.5) is 0 Å². The Balaban J connectivity index is 2.61. The van der Waals surface area contributed by atoms with E-state index in [1.165, 1.54) is 39.8 Å². The lowest BCUT2D eigenvalue weighted by Gasteiger charge is -2.46. The molecule has 0 heterocycles. The van der Waals surface area contributed by atoms with Crippen molar-refractivity contribution in [3.63, 3.8) is 0 Å². The first-order chi connectivity index (χ1) is 26.4. The second-order valence-electron chi connectivity index (χ2n) is 15.8. The summed E-state index contributed by atoms with van der Waals surface area (Å²) < 4.78 is 41.7. The lowest BCUT2D eigenvalue weighted by atomic mass is 9.71. The van der Waals surface area contributed by atoms with Crippen LogP contribution < -0.4 is 0 Å². The Morgan fingerprint density at radius 2 is 1.33 bits per heavy atom. The normalized spacial score (nSPS) is 31.0. The molecule has 0 radical (unpaired) electrons. The number of hydrogen-bond acceptors (Lipinski definition) is 15. The van der Waals surface area contributed by atoms with Gasteiger partial charge in [-0.1, -0.05) is 78.5 Å². The molecule has 15 heteroatoms. The maximum Gasteiger partial charge on any atom is 0.338 e. The van der Waals surface area contributed by atoms with Crippen LogP contribution in [0.25, 0.3) is 0 Å². The Hall–Kier alpha value is -5.05. The third kappa shape index (κ3) is 10.9. The summed E-state index contributed by atoms with van der Waals surface area (Å²) in [4.78, 5) is 92.3. The van der Waals surface area contributed by atoms with Crippen LogP contribution in [0, 0.1) is 23.2 Å². The average molecular weight is 801 g/mol. The third-order valence-electron chi connectivity index (χ3n) is 10.1. The van der Waals surface area contributed by atoms with Gasteiger partial charge in [-0.05, 0) is 19.1 Å². The summed E-state index contributed by atoms with van der Waals surface area (Å²) in [6, 6.07) is 7.92. The highest BCUT2D eigenvalue weighted by molar-refractivity contribution is 5.89. The van der Waals surface area contributed by atoms with Crippen LogP contribution in [0.2, 0.25) is 0 Å². The van der Waals surface area contributed by atoms with Crippen molar-refractivity contribution < 1.29 is 71.8 Å². The zero-order valence-electron chi connectivity index (χ0n) is 34.5. The summed E-state index contributed by atoms with van der Waals surface area (Å²) in [7, 11) is 0. The molecule has 15 nitrogen and oxygen atoms in total. The van der Waals surface area contributed by atoms with Crippen LogP contribution in [0.15, 0.2) is 54.6 Å². The summed E-state index contributed by atoms with van der Waals surface area (Å²) in [6.07, 6.45) is -7.52. The summed E-state index contributed by atoms with van der Waals surface area (Å²) >= 11 is 0. The maximum absolute atomic E-state index is 13.9. The molecule has 3 rings (SSSR count). The number of ether oxygens (including phenoxy) is 7. The zero-order valence-corrected chi connectivity index (χ0v) is 34.5. The maximum atomic E-state index is 13.9. The van der Waals surface area contributed by atoms with Crippen molar-refractivity contribution in [1.82, 2.24) is 0 Å². The van der Waals surface area contributed by atoms with E-state index < -0.39 is 119 Å². The minimum atomic E-state index is -2.41. The second-order valence-corrected chi connectivity index (χ2v) is 15.8. The van der Waals surface area contributed by atoms with Gasteiger partial charge in [0.2, 0.25) is 0 Å². The molecule has 0 aromatic heterocycles. The molecular weight excluding hydrogens is 744 g/mol. The van der Waals surface area contributed by atoms with E-state index in [9.17, 15) is 38.7 Å². The van der Waals surface area contributed by atoms with Crippen LogP contribution in [0.1, 0.15) is 99.4 Å². The van der Waals surface area contributed by atoms with Gasteiger partial charge in [-0.3, -0.25) is 28.8 Å². The van der Waals surface area contributed by atoms with Gasteiger partial charge in [0.1, 0.15) is 23.4 Å². The van der Waals surface area contributed by atoms with Crippen LogP contribution >= 0.6 is 0 Å². The van der Waals surface area contributed by atoms with Crippen LogP contribution in [0.5, 0.6) is 0 Å². The first-order valence-electron chi connectivity index (χ1n) is 18.9. The van der Waals surface area contributed by atoms with Gasteiger partial charge in [-0.2, -0.15) is 0 Å². The quantitative estimate of drug-likeness (QED) is 0.193.